The molecule has 0 radical (unpaired) electrons. The van der Waals surface area contributed by atoms with Crippen LogP contribution in [0.5, 0.6) is 0 Å². The van der Waals surface area contributed by atoms with E-state index >= 15 is 0 Å². The molecule has 4 rings (SSSR count). The standard InChI is InChI=1S/C20H18N4OS2/c1-3-12-27-20-22-19(25)17-15-6-4-5-7-16(15)21-18(24(17)23-20)13-8-10-14(26-2)11-9-13/h3-11,18H,1,12H2,2H3,(H,22,23,25)/t18-/m0/s1. The molecule has 0 unspecified atom stereocenters. The number of nitrogens with one attached hydrogen (secondary N) is 1. The van der Waals surface area contributed by atoms with Crippen molar-refractivity contribution >= 4 is 40.3 Å². The van der Waals surface area contributed by atoms with Crippen LogP contribution in [0.2, 0.25) is 0 Å². The molecule has 0 fully saturated rings. The normalized spacial score (nSPS) is 18.0. The maximum atomic E-state index is 12.9. The van der Waals surface area contributed by atoms with Crippen LogP contribution >= 0.6 is 23.5 Å². The van der Waals surface area contributed by atoms with E-state index in [4.69, 9.17) is 4.99 Å². The van der Waals surface area contributed by atoms with Gasteiger partial charge in [-0.25, -0.2) is 5.01 Å². The fourth-order valence-electron chi connectivity index (χ4n) is 3.02. The van der Waals surface area contributed by atoms with Gasteiger partial charge in [0, 0.05) is 15.9 Å². The molecule has 0 bridgehead atoms. The highest BCUT2D eigenvalue weighted by Gasteiger charge is 2.34. The maximum absolute atomic E-state index is 12.9. The summed E-state index contributed by atoms with van der Waals surface area (Å²) in [6.45, 7) is 3.73. The van der Waals surface area contributed by atoms with Crippen molar-refractivity contribution in [2.45, 2.75) is 11.1 Å². The quantitative estimate of drug-likeness (QED) is 0.639. The van der Waals surface area contributed by atoms with E-state index in [0.29, 0.717) is 16.6 Å². The number of amides is 1. The number of carbonyl (C=O) groups excluding carboxylic acids is 1. The first-order valence-electron chi connectivity index (χ1n) is 8.45. The van der Waals surface area contributed by atoms with E-state index < -0.39 is 0 Å². The van der Waals surface area contributed by atoms with Crippen molar-refractivity contribution < 1.29 is 4.79 Å². The van der Waals surface area contributed by atoms with Gasteiger partial charge in [-0.2, -0.15) is 0 Å². The summed E-state index contributed by atoms with van der Waals surface area (Å²) in [4.78, 5) is 19.0. The van der Waals surface area contributed by atoms with Gasteiger partial charge in [-0.05, 0) is 30.0 Å². The van der Waals surface area contributed by atoms with Crippen LogP contribution in [0.25, 0.3) is 5.70 Å². The predicted octanol–water partition coefficient (Wildman–Crippen LogP) is 2.47. The molecule has 27 heavy (non-hydrogen) atoms. The number of amidine groups is 1. The highest BCUT2D eigenvalue weighted by molar-refractivity contribution is 8.14. The molecular formula is C20H18N4OS2. The third-order valence-electron chi connectivity index (χ3n) is 4.27. The zero-order chi connectivity index (χ0) is 18.8. The van der Waals surface area contributed by atoms with Crippen LogP contribution in [0.4, 0.5) is 0 Å². The summed E-state index contributed by atoms with van der Waals surface area (Å²) in [6, 6.07) is 15.9. The molecule has 0 spiro atoms. The first kappa shape index (κ1) is 17.9. The van der Waals surface area contributed by atoms with E-state index in [-0.39, 0.29) is 12.1 Å². The van der Waals surface area contributed by atoms with Gasteiger partial charge in [-0.15, -0.1) is 23.4 Å². The largest absolute Gasteiger partial charge is 0.298 e. The first-order chi connectivity index (χ1) is 13.2. The molecule has 1 amide bonds. The van der Waals surface area contributed by atoms with Crippen molar-refractivity contribution in [2.75, 3.05) is 12.0 Å². The number of hydrazone groups is 1. The smallest absolute Gasteiger partial charge is 0.276 e. The summed E-state index contributed by atoms with van der Waals surface area (Å²) in [5.74, 6) is 0.507. The van der Waals surface area contributed by atoms with Crippen molar-refractivity contribution in [3.8, 4) is 0 Å². The van der Waals surface area contributed by atoms with Gasteiger partial charge in [0.15, 0.2) is 11.3 Å². The van der Waals surface area contributed by atoms with Crippen LogP contribution in [0, 0.1) is 0 Å². The molecular weight excluding hydrogens is 376 g/mol. The van der Waals surface area contributed by atoms with Gasteiger partial charge in [0.1, 0.15) is 5.70 Å². The molecule has 7 heteroatoms. The molecule has 2 aromatic carbocycles. The first-order valence-corrected chi connectivity index (χ1v) is 10.7. The number of para-hydroxylation sites is 1. The minimum atomic E-state index is -0.379. The molecule has 0 saturated carbocycles. The van der Waals surface area contributed by atoms with Gasteiger partial charge in [-0.1, -0.05) is 48.2 Å². The van der Waals surface area contributed by atoms with Crippen LogP contribution in [-0.4, -0.2) is 28.1 Å². The van der Waals surface area contributed by atoms with Crippen molar-refractivity contribution in [1.29, 1.82) is 0 Å². The van der Waals surface area contributed by atoms with Crippen LogP contribution in [0.15, 0.2) is 76.2 Å². The number of nitrogens with zero attached hydrogens (tertiary/aromatic N) is 3. The number of hydrogen-bond donors (Lipinski definition) is 1. The minimum Gasteiger partial charge on any atom is -0.298 e. The Morgan fingerprint density at radius 2 is 2.00 bits per heavy atom. The van der Waals surface area contributed by atoms with Gasteiger partial charge in [0.2, 0.25) is 0 Å². The Balaban J connectivity index is 1.87. The number of thioether (sulfide) groups is 2. The minimum absolute atomic E-state index is 0.162. The van der Waals surface area contributed by atoms with E-state index in [0.717, 1.165) is 16.1 Å². The average molecular weight is 395 g/mol. The third-order valence-corrected chi connectivity index (χ3v) is 5.87. The molecule has 1 N–H and O–H groups in total. The third kappa shape index (κ3) is 3.40. The molecule has 2 aromatic rings. The van der Waals surface area contributed by atoms with Crippen LogP contribution < -0.4 is 15.9 Å². The van der Waals surface area contributed by atoms with Crippen molar-refractivity contribution in [1.82, 2.24) is 10.3 Å². The fraction of sp³-hybridized carbons (Fsp3) is 0.150. The van der Waals surface area contributed by atoms with Crippen LogP contribution in [-0.2, 0) is 4.79 Å². The lowest BCUT2D eigenvalue weighted by Gasteiger charge is -2.34. The molecule has 136 valence electrons. The second-order valence-electron chi connectivity index (χ2n) is 5.95. The van der Waals surface area contributed by atoms with Crippen LogP contribution in [0.3, 0.4) is 0 Å². The van der Waals surface area contributed by atoms with E-state index in [2.05, 4.69) is 29.1 Å². The molecule has 2 heterocycles. The summed E-state index contributed by atoms with van der Waals surface area (Å²) < 4.78 is 0. The van der Waals surface area contributed by atoms with Gasteiger partial charge < -0.3 is 0 Å². The zero-order valence-electron chi connectivity index (χ0n) is 14.8. The Labute approximate surface area is 165 Å². The Morgan fingerprint density at radius 3 is 2.74 bits per heavy atom. The monoisotopic (exact) mass is 394 g/mol. The lowest BCUT2D eigenvalue weighted by Crippen LogP contribution is -2.50. The summed E-state index contributed by atoms with van der Waals surface area (Å²) in [6.07, 6.45) is 3.45. The Hall–Kier alpha value is -2.51. The molecule has 5 nitrogen and oxygen atoms in total. The van der Waals surface area contributed by atoms with E-state index in [1.165, 1.54) is 16.7 Å². The van der Waals surface area contributed by atoms with Gasteiger partial charge in [0.25, 0.3) is 5.91 Å². The molecule has 0 saturated heterocycles. The zero-order valence-corrected chi connectivity index (χ0v) is 16.4. The summed E-state index contributed by atoms with van der Waals surface area (Å²) >= 11 is 3.13. The molecule has 0 aromatic heterocycles. The highest BCUT2D eigenvalue weighted by atomic mass is 32.2. The highest BCUT2D eigenvalue weighted by Crippen LogP contribution is 2.31. The molecule has 2 aliphatic heterocycles. The summed E-state index contributed by atoms with van der Waals surface area (Å²) in [7, 11) is 0. The second kappa shape index (κ2) is 7.62. The van der Waals surface area contributed by atoms with Crippen molar-refractivity contribution in [3.63, 3.8) is 0 Å². The Bertz CT molecular complexity index is 1050. The predicted molar refractivity (Wildman–Crippen MR) is 112 cm³/mol. The van der Waals surface area contributed by atoms with E-state index in [1.807, 2.05) is 42.7 Å². The van der Waals surface area contributed by atoms with Crippen LogP contribution in [0.1, 0.15) is 11.7 Å². The van der Waals surface area contributed by atoms with Crippen molar-refractivity contribution in [3.05, 3.63) is 77.3 Å². The Morgan fingerprint density at radius 1 is 1.22 bits per heavy atom. The molecule has 2 aliphatic rings. The fourth-order valence-corrected chi connectivity index (χ4v) is 4.02. The van der Waals surface area contributed by atoms with Gasteiger partial charge in [-0.3, -0.25) is 15.1 Å². The van der Waals surface area contributed by atoms with E-state index in [9.17, 15) is 4.79 Å². The molecule has 0 aliphatic carbocycles. The molecule has 1 atom stereocenters. The SMILES string of the molecule is C=CCSC1=NN2C(=c3ccccc3=N[C@@H]2c2ccc(SC)cc2)C(=O)N1. The second-order valence-corrected chi connectivity index (χ2v) is 7.83. The number of benzene rings is 2. The topological polar surface area (TPSA) is 57.1 Å². The van der Waals surface area contributed by atoms with Gasteiger partial charge >= 0.3 is 0 Å². The number of rotatable bonds is 4. The Kier molecular flexibility index (Phi) is 5.05. The van der Waals surface area contributed by atoms with E-state index in [1.54, 1.807) is 22.8 Å². The average Bonchev–Trinajstić information content (AvgIpc) is 2.71. The summed E-state index contributed by atoms with van der Waals surface area (Å²) in [5.41, 5.74) is 1.52. The number of carbonyl (C=O) groups is 1. The lowest BCUT2D eigenvalue weighted by atomic mass is 10.1. The number of hydrogen-bond acceptors (Lipinski definition) is 6. The maximum Gasteiger partial charge on any atom is 0.276 e. The summed E-state index contributed by atoms with van der Waals surface area (Å²) in [5, 5.41) is 11.5. The lowest BCUT2D eigenvalue weighted by molar-refractivity contribution is -0.116. The number of fused-ring (bicyclic) bond motifs is 2. The van der Waals surface area contributed by atoms with Gasteiger partial charge in [0.05, 0.1) is 5.36 Å². The van der Waals surface area contributed by atoms with Crippen molar-refractivity contribution in [2.24, 2.45) is 10.1 Å².